The van der Waals surface area contributed by atoms with Crippen LogP contribution >= 0.6 is 15.9 Å². The topological polar surface area (TPSA) is 72.8 Å². The van der Waals surface area contributed by atoms with Crippen molar-refractivity contribution in [1.29, 1.82) is 0 Å². The average Bonchev–Trinajstić information content (AvgIpc) is 2.53. The van der Waals surface area contributed by atoms with Crippen molar-refractivity contribution in [2.75, 3.05) is 6.61 Å². The minimum absolute atomic E-state index is 0.0501. The molecule has 0 aliphatic heterocycles. The lowest BCUT2D eigenvalue weighted by Gasteiger charge is -2.09. The predicted octanol–water partition coefficient (Wildman–Crippen LogP) is 3.69. The Balaban J connectivity index is 1.95. The van der Waals surface area contributed by atoms with Gasteiger partial charge >= 0.3 is 11.9 Å². The van der Waals surface area contributed by atoms with Crippen LogP contribution in [0, 0.1) is 0 Å². The van der Waals surface area contributed by atoms with Crippen LogP contribution < -0.4 is 9.47 Å². The fraction of sp³-hybridized carbons (Fsp3) is 0.176. The number of ether oxygens (including phenoxy) is 2. The van der Waals surface area contributed by atoms with Crippen molar-refractivity contribution < 1.29 is 24.2 Å². The molecule has 2 aromatic rings. The second-order valence-electron chi connectivity index (χ2n) is 4.71. The summed E-state index contributed by atoms with van der Waals surface area (Å²) in [5.74, 6) is -0.990. The molecule has 2 aromatic carbocycles. The van der Waals surface area contributed by atoms with Crippen LogP contribution in [0.4, 0.5) is 0 Å². The Bertz CT molecular complexity index is 727. The number of carbonyl (C=O) groups is 2. The quantitative estimate of drug-likeness (QED) is 0.612. The van der Waals surface area contributed by atoms with Crippen molar-refractivity contribution in [2.24, 2.45) is 0 Å². The summed E-state index contributed by atoms with van der Waals surface area (Å²) in [4.78, 5) is 22.7. The van der Waals surface area contributed by atoms with Crippen molar-refractivity contribution in [1.82, 2.24) is 0 Å². The second kappa shape index (κ2) is 7.78. The largest absolute Gasteiger partial charge is 0.481 e. The summed E-state index contributed by atoms with van der Waals surface area (Å²) in [6.07, 6.45) is 0.904. The number of esters is 1. The standard InChI is InChI=1S/C17H15BrO5/c1-2-11-6-7-15(14(18)8-11)22-10-16(19)23-13-5-3-4-12(9-13)17(20)21/h3-9H,2,10H2,1H3,(H,20,21). The first-order chi connectivity index (χ1) is 11.0. The van der Waals surface area contributed by atoms with Gasteiger partial charge in [0.1, 0.15) is 11.5 Å². The fourth-order valence-electron chi connectivity index (χ4n) is 1.87. The summed E-state index contributed by atoms with van der Waals surface area (Å²) in [6.45, 7) is 1.77. The molecule has 0 heterocycles. The lowest BCUT2D eigenvalue weighted by Crippen LogP contribution is -2.18. The number of halogens is 1. The van der Waals surface area contributed by atoms with Gasteiger partial charge in [-0.05, 0) is 58.2 Å². The number of rotatable bonds is 6. The Kier molecular flexibility index (Phi) is 5.76. The molecule has 23 heavy (non-hydrogen) atoms. The normalized spacial score (nSPS) is 10.2. The maximum Gasteiger partial charge on any atom is 0.349 e. The lowest BCUT2D eigenvalue weighted by molar-refractivity contribution is -0.136. The summed E-state index contributed by atoms with van der Waals surface area (Å²) < 4.78 is 11.2. The molecule has 0 bridgehead atoms. The third-order valence-electron chi connectivity index (χ3n) is 3.06. The van der Waals surface area contributed by atoms with E-state index in [1.807, 2.05) is 19.1 Å². The van der Waals surface area contributed by atoms with E-state index in [2.05, 4.69) is 15.9 Å². The summed E-state index contributed by atoms with van der Waals surface area (Å²) in [7, 11) is 0. The van der Waals surface area contributed by atoms with Crippen molar-refractivity contribution in [2.45, 2.75) is 13.3 Å². The molecule has 0 fully saturated rings. The van der Waals surface area contributed by atoms with E-state index in [9.17, 15) is 9.59 Å². The van der Waals surface area contributed by atoms with E-state index in [0.717, 1.165) is 16.5 Å². The molecule has 120 valence electrons. The molecule has 0 aromatic heterocycles. The summed E-state index contributed by atoms with van der Waals surface area (Å²) in [5, 5.41) is 8.90. The fourth-order valence-corrected chi connectivity index (χ4v) is 2.41. The van der Waals surface area contributed by atoms with Crippen LogP contribution in [0.15, 0.2) is 46.9 Å². The molecule has 5 nitrogen and oxygen atoms in total. The molecule has 0 atom stereocenters. The van der Waals surface area contributed by atoms with E-state index in [1.165, 1.54) is 24.3 Å². The van der Waals surface area contributed by atoms with Gasteiger partial charge in [0.15, 0.2) is 6.61 Å². The molecular formula is C17H15BrO5. The third kappa shape index (κ3) is 4.82. The highest BCUT2D eigenvalue weighted by Crippen LogP contribution is 2.26. The van der Waals surface area contributed by atoms with E-state index >= 15 is 0 Å². The first-order valence-corrected chi connectivity index (χ1v) is 7.74. The number of aryl methyl sites for hydroxylation is 1. The van der Waals surface area contributed by atoms with Gasteiger partial charge in [0, 0.05) is 0 Å². The van der Waals surface area contributed by atoms with Gasteiger partial charge in [-0.1, -0.05) is 19.1 Å². The highest BCUT2D eigenvalue weighted by molar-refractivity contribution is 9.10. The molecular weight excluding hydrogens is 364 g/mol. The molecule has 0 unspecified atom stereocenters. The number of hydrogen-bond acceptors (Lipinski definition) is 4. The van der Waals surface area contributed by atoms with E-state index in [0.29, 0.717) is 5.75 Å². The van der Waals surface area contributed by atoms with Crippen molar-refractivity contribution in [3.8, 4) is 11.5 Å². The Morgan fingerprint density at radius 1 is 1.17 bits per heavy atom. The molecule has 2 rings (SSSR count). The van der Waals surface area contributed by atoms with Gasteiger partial charge in [-0.25, -0.2) is 9.59 Å². The number of hydrogen-bond donors (Lipinski definition) is 1. The first-order valence-electron chi connectivity index (χ1n) is 6.95. The zero-order valence-corrected chi connectivity index (χ0v) is 14.0. The summed E-state index contributed by atoms with van der Waals surface area (Å²) in [6, 6.07) is 11.3. The van der Waals surface area contributed by atoms with Crippen LogP contribution in [-0.2, 0) is 11.2 Å². The number of aromatic carboxylic acids is 1. The van der Waals surface area contributed by atoms with Crippen LogP contribution in [-0.4, -0.2) is 23.7 Å². The Labute approximate surface area is 142 Å². The Hall–Kier alpha value is -2.34. The predicted molar refractivity (Wildman–Crippen MR) is 88.1 cm³/mol. The number of benzene rings is 2. The van der Waals surface area contributed by atoms with Crippen molar-refractivity contribution in [3.05, 3.63) is 58.1 Å². The monoisotopic (exact) mass is 378 g/mol. The molecule has 0 radical (unpaired) electrons. The van der Waals surface area contributed by atoms with Gasteiger partial charge in [0.25, 0.3) is 0 Å². The average molecular weight is 379 g/mol. The van der Waals surface area contributed by atoms with E-state index in [1.54, 1.807) is 6.07 Å². The number of carboxylic acids is 1. The van der Waals surface area contributed by atoms with Gasteiger partial charge in [-0.3, -0.25) is 0 Å². The Morgan fingerprint density at radius 2 is 1.96 bits per heavy atom. The maximum absolute atomic E-state index is 11.8. The molecule has 0 saturated heterocycles. The summed E-state index contributed by atoms with van der Waals surface area (Å²) >= 11 is 3.39. The highest BCUT2D eigenvalue weighted by atomic mass is 79.9. The van der Waals surface area contributed by atoms with Gasteiger partial charge in [0.2, 0.25) is 0 Å². The first kappa shape index (κ1) is 17.0. The van der Waals surface area contributed by atoms with Crippen LogP contribution in [0.2, 0.25) is 0 Å². The number of carboxylic acid groups (broad SMARTS) is 1. The highest BCUT2D eigenvalue weighted by Gasteiger charge is 2.10. The van der Waals surface area contributed by atoms with Crippen LogP contribution in [0.5, 0.6) is 11.5 Å². The van der Waals surface area contributed by atoms with Gasteiger partial charge in [-0.15, -0.1) is 0 Å². The molecule has 0 saturated carbocycles. The lowest BCUT2D eigenvalue weighted by atomic mass is 10.2. The molecule has 6 heteroatoms. The minimum Gasteiger partial charge on any atom is -0.481 e. The van der Waals surface area contributed by atoms with E-state index < -0.39 is 11.9 Å². The second-order valence-corrected chi connectivity index (χ2v) is 5.57. The third-order valence-corrected chi connectivity index (χ3v) is 3.68. The SMILES string of the molecule is CCc1ccc(OCC(=O)Oc2cccc(C(=O)O)c2)c(Br)c1. The van der Waals surface area contributed by atoms with Crippen LogP contribution in [0.25, 0.3) is 0 Å². The van der Waals surface area contributed by atoms with Crippen LogP contribution in [0.3, 0.4) is 0 Å². The van der Waals surface area contributed by atoms with Crippen LogP contribution in [0.1, 0.15) is 22.8 Å². The molecule has 0 spiro atoms. The maximum atomic E-state index is 11.8. The minimum atomic E-state index is -1.08. The van der Waals surface area contributed by atoms with Crippen molar-refractivity contribution >= 4 is 27.9 Å². The smallest absolute Gasteiger partial charge is 0.349 e. The zero-order chi connectivity index (χ0) is 16.8. The molecule has 0 aliphatic rings. The Morgan fingerprint density at radius 3 is 2.61 bits per heavy atom. The van der Waals surface area contributed by atoms with Gasteiger partial charge < -0.3 is 14.6 Å². The van der Waals surface area contributed by atoms with Gasteiger partial charge in [0.05, 0.1) is 10.0 Å². The van der Waals surface area contributed by atoms with Gasteiger partial charge in [-0.2, -0.15) is 0 Å². The molecule has 1 N–H and O–H groups in total. The molecule has 0 amide bonds. The summed E-state index contributed by atoms with van der Waals surface area (Å²) in [5.41, 5.74) is 1.20. The van der Waals surface area contributed by atoms with Crippen molar-refractivity contribution in [3.63, 3.8) is 0 Å². The zero-order valence-electron chi connectivity index (χ0n) is 12.4. The van der Waals surface area contributed by atoms with E-state index in [-0.39, 0.29) is 17.9 Å². The van der Waals surface area contributed by atoms with E-state index in [4.69, 9.17) is 14.6 Å². The molecule has 0 aliphatic carbocycles. The number of carbonyl (C=O) groups excluding carboxylic acids is 1.